The Labute approximate surface area is 136 Å². The molecule has 4 heteroatoms. The molecule has 1 saturated carbocycles. The molecule has 0 amide bonds. The average Bonchev–Trinajstić information content (AvgIpc) is 2.42. The summed E-state index contributed by atoms with van der Waals surface area (Å²) in [4.78, 5) is 2.46. The predicted octanol–water partition coefficient (Wildman–Crippen LogP) is 3.34. The van der Waals surface area contributed by atoms with Gasteiger partial charge in [-0.15, -0.1) is 0 Å². The first-order valence-corrected chi connectivity index (χ1v) is 8.88. The van der Waals surface area contributed by atoms with E-state index in [1.807, 2.05) is 0 Å². The van der Waals surface area contributed by atoms with Crippen LogP contribution >= 0.6 is 15.9 Å². The van der Waals surface area contributed by atoms with Crippen LogP contribution in [0.5, 0.6) is 0 Å². The third-order valence-electron chi connectivity index (χ3n) is 4.41. The Bertz CT molecular complexity index is 423. The number of hydrogen-bond donors (Lipinski definition) is 2. The van der Waals surface area contributed by atoms with E-state index in [9.17, 15) is 5.11 Å². The number of aliphatic hydroxyl groups excluding tert-OH is 1. The highest BCUT2D eigenvalue weighted by Crippen LogP contribution is 2.28. The molecule has 1 fully saturated rings. The second kappa shape index (κ2) is 8.89. The number of halogens is 1. The van der Waals surface area contributed by atoms with E-state index in [0.29, 0.717) is 12.1 Å². The average molecular weight is 355 g/mol. The van der Waals surface area contributed by atoms with E-state index in [1.54, 1.807) is 0 Å². The van der Waals surface area contributed by atoms with Crippen molar-refractivity contribution in [1.82, 2.24) is 10.2 Å². The summed E-state index contributed by atoms with van der Waals surface area (Å²) in [5.74, 6) is 0. The lowest BCUT2D eigenvalue weighted by molar-refractivity contribution is 0.0969. The Kier molecular flexibility index (Phi) is 7.17. The molecule has 2 N–H and O–H groups in total. The van der Waals surface area contributed by atoms with Gasteiger partial charge in [0.15, 0.2) is 0 Å². The first kappa shape index (κ1) is 16.9. The molecular formula is C17H27BrN2O. The fourth-order valence-electron chi connectivity index (χ4n) is 3.02. The van der Waals surface area contributed by atoms with Gasteiger partial charge in [0.1, 0.15) is 0 Å². The van der Waals surface area contributed by atoms with Gasteiger partial charge in [-0.3, -0.25) is 4.90 Å². The Morgan fingerprint density at radius 3 is 2.67 bits per heavy atom. The van der Waals surface area contributed by atoms with Crippen molar-refractivity contribution in [1.29, 1.82) is 0 Å². The summed E-state index contributed by atoms with van der Waals surface area (Å²) in [5, 5.41) is 12.9. The summed E-state index contributed by atoms with van der Waals surface area (Å²) in [6, 6.07) is 9.52. The van der Waals surface area contributed by atoms with Gasteiger partial charge in [0.05, 0.1) is 6.61 Å². The van der Waals surface area contributed by atoms with Gasteiger partial charge in [-0.2, -0.15) is 0 Å². The zero-order valence-electron chi connectivity index (χ0n) is 12.9. The first-order valence-electron chi connectivity index (χ1n) is 8.09. The number of benzene rings is 1. The van der Waals surface area contributed by atoms with E-state index in [-0.39, 0.29) is 6.61 Å². The molecule has 1 unspecified atom stereocenters. The predicted molar refractivity (Wildman–Crippen MR) is 91.5 cm³/mol. The molecule has 0 spiro atoms. The van der Waals surface area contributed by atoms with Crippen molar-refractivity contribution in [2.45, 2.75) is 44.7 Å². The van der Waals surface area contributed by atoms with Gasteiger partial charge in [-0.05, 0) is 37.4 Å². The van der Waals surface area contributed by atoms with Crippen LogP contribution in [0.2, 0.25) is 0 Å². The van der Waals surface area contributed by atoms with E-state index < -0.39 is 0 Å². The molecule has 3 nitrogen and oxygen atoms in total. The summed E-state index contributed by atoms with van der Waals surface area (Å²) in [5.41, 5.74) is 1.33. The van der Waals surface area contributed by atoms with Gasteiger partial charge < -0.3 is 10.4 Å². The Balaban J connectivity index is 1.97. The van der Waals surface area contributed by atoms with Crippen molar-refractivity contribution in [3.63, 3.8) is 0 Å². The van der Waals surface area contributed by atoms with E-state index in [4.69, 9.17) is 0 Å². The van der Waals surface area contributed by atoms with Crippen molar-refractivity contribution < 1.29 is 5.11 Å². The molecule has 1 aromatic carbocycles. The smallest absolute Gasteiger partial charge is 0.0558 e. The Morgan fingerprint density at radius 2 is 2.10 bits per heavy atom. The molecule has 0 aliphatic heterocycles. The van der Waals surface area contributed by atoms with Crippen LogP contribution in [0.25, 0.3) is 0 Å². The van der Waals surface area contributed by atoms with Crippen molar-refractivity contribution in [2.24, 2.45) is 0 Å². The third kappa shape index (κ3) is 4.78. The lowest BCUT2D eigenvalue weighted by Crippen LogP contribution is -2.43. The van der Waals surface area contributed by atoms with E-state index in [2.05, 4.69) is 57.3 Å². The maximum absolute atomic E-state index is 9.27. The van der Waals surface area contributed by atoms with Crippen molar-refractivity contribution >= 4 is 15.9 Å². The summed E-state index contributed by atoms with van der Waals surface area (Å²) in [6.45, 7) is 5.23. The molecule has 1 aliphatic carbocycles. The minimum atomic E-state index is 0.261. The molecule has 2 rings (SSSR count). The number of nitrogens with one attached hydrogen (secondary N) is 1. The van der Waals surface area contributed by atoms with Crippen LogP contribution in [0, 0.1) is 0 Å². The lowest BCUT2D eigenvalue weighted by atomic mass is 9.91. The quantitative estimate of drug-likeness (QED) is 0.713. The maximum atomic E-state index is 9.27. The van der Waals surface area contributed by atoms with Gasteiger partial charge in [-0.1, -0.05) is 47.5 Å². The molecule has 1 aromatic rings. The van der Waals surface area contributed by atoms with E-state index in [1.165, 1.54) is 29.3 Å². The van der Waals surface area contributed by atoms with Crippen LogP contribution in [0.1, 0.15) is 44.2 Å². The van der Waals surface area contributed by atoms with Crippen LogP contribution < -0.4 is 5.32 Å². The second-order valence-corrected chi connectivity index (χ2v) is 6.62. The zero-order chi connectivity index (χ0) is 15.1. The molecule has 0 radical (unpaired) electrons. The molecule has 1 aliphatic rings. The largest absolute Gasteiger partial charge is 0.395 e. The van der Waals surface area contributed by atoms with Gasteiger partial charge >= 0.3 is 0 Å². The van der Waals surface area contributed by atoms with Gasteiger partial charge in [0.2, 0.25) is 0 Å². The fraction of sp³-hybridized carbons (Fsp3) is 0.647. The highest BCUT2D eigenvalue weighted by Gasteiger charge is 2.25. The van der Waals surface area contributed by atoms with Crippen LogP contribution in [-0.4, -0.2) is 42.3 Å². The summed E-state index contributed by atoms with van der Waals surface area (Å²) in [7, 11) is 0. The first-order chi connectivity index (χ1) is 10.3. The van der Waals surface area contributed by atoms with Gasteiger partial charge in [0, 0.05) is 29.6 Å². The Morgan fingerprint density at radius 1 is 1.33 bits per heavy atom. The van der Waals surface area contributed by atoms with E-state index in [0.717, 1.165) is 26.1 Å². The molecule has 0 aromatic heterocycles. The highest BCUT2D eigenvalue weighted by molar-refractivity contribution is 9.10. The molecule has 0 bridgehead atoms. The van der Waals surface area contributed by atoms with Crippen LogP contribution in [0.3, 0.4) is 0 Å². The fourth-order valence-corrected chi connectivity index (χ4v) is 3.58. The normalized spacial score (nSPS) is 17.0. The third-order valence-corrected chi connectivity index (χ3v) is 5.14. The molecule has 1 atom stereocenters. The van der Waals surface area contributed by atoms with E-state index >= 15 is 0 Å². The van der Waals surface area contributed by atoms with Crippen LogP contribution in [0.15, 0.2) is 28.7 Å². The zero-order valence-corrected chi connectivity index (χ0v) is 14.5. The second-order valence-electron chi connectivity index (χ2n) is 5.76. The summed E-state index contributed by atoms with van der Waals surface area (Å²) < 4.78 is 1.17. The van der Waals surface area contributed by atoms with Crippen molar-refractivity contribution in [3.8, 4) is 0 Å². The van der Waals surface area contributed by atoms with Crippen molar-refractivity contribution in [3.05, 3.63) is 34.3 Å². The number of nitrogens with zero attached hydrogens (tertiary/aromatic N) is 1. The SMILES string of the molecule is CCNC(CCN(CCO)C1CCC1)c1ccccc1Br. The van der Waals surface area contributed by atoms with Crippen LogP contribution in [0.4, 0.5) is 0 Å². The monoisotopic (exact) mass is 354 g/mol. The molecule has 21 heavy (non-hydrogen) atoms. The minimum Gasteiger partial charge on any atom is -0.395 e. The highest BCUT2D eigenvalue weighted by atomic mass is 79.9. The number of hydrogen-bond acceptors (Lipinski definition) is 3. The maximum Gasteiger partial charge on any atom is 0.0558 e. The van der Waals surface area contributed by atoms with Gasteiger partial charge in [-0.25, -0.2) is 0 Å². The summed E-state index contributed by atoms with van der Waals surface area (Å²) >= 11 is 3.66. The Hall–Kier alpha value is -0.420. The number of aliphatic hydroxyl groups is 1. The molecule has 0 saturated heterocycles. The van der Waals surface area contributed by atoms with Crippen molar-refractivity contribution in [2.75, 3.05) is 26.2 Å². The minimum absolute atomic E-state index is 0.261. The standard InChI is InChI=1S/C17H27BrN2O/c1-2-19-17(15-8-3-4-9-16(15)18)10-11-20(12-13-21)14-6-5-7-14/h3-4,8-9,14,17,19,21H,2,5-7,10-13H2,1H3. The molecular weight excluding hydrogens is 328 g/mol. The number of rotatable bonds is 9. The topological polar surface area (TPSA) is 35.5 Å². The lowest BCUT2D eigenvalue weighted by Gasteiger charge is -2.38. The molecule has 0 heterocycles. The van der Waals surface area contributed by atoms with Crippen LogP contribution in [-0.2, 0) is 0 Å². The summed E-state index contributed by atoms with van der Waals surface area (Å²) in [6.07, 6.45) is 5.00. The molecule has 118 valence electrons. The van der Waals surface area contributed by atoms with Gasteiger partial charge in [0.25, 0.3) is 0 Å².